The van der Waals surface area contributed by atoms with Gasteiger partial charge in [0.25, 0.3) is 10.1 Å². The third kappa shape index (κ3) is 5.82. The van der Waals surface area contributed by atoms with Crippen molar-refractivity contribution in [2.75, 3.05) is 19.8 Å². The Morgan fingerprint density at radius 2 is 1.83 bits per heavy atom. The van der Waals surface area contributed by atoms with Crippen LogP contribution < -0.4 is 9.47 Å². The fourth-order valence-corrected chi connectivity index (χ4v) is 4.84. The Bertz CT molecular complexity index is 1270. The van der Waals surface area contributed by atoms with Crippen LogP contribution in [0, 0.1) is 11.2 Å². The molecule has 190 valence electrons. The molecule has 1 heterocycles. The molecule has 2 aromatic carbocycles. The lowest BCUT2D eigenvalue weighted by Gasteiger charge is -2.24. The number of hydrogen-bond donors (Lipinski definition) is 2. The molecule has 0 radical (unpaired) electrons. The molecule has 2 N–H and O–H groups in total. The number of nitrogens with zero attached hydrogens (tertiary/aromatic N) is 1. The van der Waals surface area contributed by atoms with Gasteiger partial charge in [-0.1, -0.05) is 32.9 Å². The molecular weight excluding hydrogens is 475 g/mol. The second-order valence-electron chi connectivity index (χ2n) is 9.39. The molecule has 0 aromatic heterocycles. The van der Waals surface area contributed by atoms with E-state index in [9.17, 15) is 17.8 Å². The van der Waals surface area contributed by atoms with Gasteiger partial charge in [-0.15, -0.1) is 0 Å². The fourth-order valence-electron chi connectivity index (χ4n) is 4.19. The highest BCUT2D eigenvalue weighted by molar-refractivity contribution is 7.85. The molecule has 8 nitrogen and oxygen atoms in total. The van der Waals surface area contributed by atoms with Gasteiger partial charge in [0.15, 0.2) is 23.1 Å². The first-order valence-corrected chi connectivity index (χ1v) is 12.9. The average Bonchev–Trinajstić information content (AvgIpc) is 3.04. The van der Waals surface area contributed by atoms with Crippen molar-refractivity contribution < 1.29 is 31.6 Å². The summed E-state index contributed by atoms with van der Waals surface area (Å²) in [5.74, 6) is -1.44. The normalized spacial score (nSPS) is 13.7. The number of rotatable bonds is 9. The number of amidine groups is 1. The van der Waals surface area contributed by atoms with Crippen molar-refractivity contribution >= 4 is 21.7 Å². The maximum atomic E-state index is 15.3. The molecule has 35 heavy (non-hydrogen) atoms. The standard InChI is InChI=1S/C25H31FN2O6S/c1-6-33-20-11-17-12-28(24(27)21(17)22(26)23(20)34-7-2)13-19(29)15-8-9-16(14-35(30,31)32)18(10-15)25(3,4)5/h8-11,27H,6-7,12-14H2,1-5H3,(H,30,31,32). The van der Waals surface area contributed by atoms with Crippen molar-refractivity contribution in [3.8, 4) is 11.5 Å². The smallest absolute Gasteiger partial charge is 0.269 e. The highest BCUT2D eigenvalue weighted by atomic mass is 32.2. The summed E-state index contributed by atoms with van der Waals surface area (Å²) >= 11 is 0. The minimum atomic E-state index is -4.25. The van der Waals surface area contributed by atoms with Crippen molar-refractivity contribution in [1.82, 2.24) is 4.90 Å². The number of ketones is 1. The quantitative estimate of drug-likeness (QED) is 0.384. The van der Waals surface area contributed by atoms with Gasteiger partial charge in [-0.3, -0.25) is 14.8 Å². The first-order valence-electron chi connectivity index (χ1n) is 11.3. The summed E-state index contributed by atoms with van der Waals surface area (Å²) < 4.78 is 58.4. The number of ether oxygens (including phenoxy) is 2. The molecule has 0 spiro atoms. The number of nitrogens with one attached hydrogen (secondary N) is 1. The number of halogens is 1. The summed E-state index contributed by atoms with van der Waals surface area (Å²) in [5.41, 5.74) is 1.50. The molecule has 10 heteroatoms. The summed E-state index contributed by atoms with van der Waals surface area (Å²) in [4.78, 5) is 14.6. The van der Waals surface area contributed by atoms with Crippen LogP contribution in [-0.2, 0) is 27.8 Å². The van der Waals surface area contributed by atoms with Crippen molar-refractivity contribution in [2.24, 2.45) is 0 Å². The van der Waals surface area contributed by atoms with Gasteiger partial charge in [0.05, 0.1) is 25.3 Å². The Morgan fingerprint density at radius 1 is 1.17 bits per heavy atom. The van der Waals surface area contributed by atoms with Gasteiger partial charge in [-0.2, -0.15) is 8.42 Å². The van der Waals surface area contributed by atoms with Crippen LogP contribution in [0.15, 0.2) is 24.3 Å². The highest BCUT2D eigenvalue weighted by Crippen LogP contribution is 2.39. The van der Waals surface area contributed by atoms with E-state index in [-0.39, 0.29) is 48.4 Å². The minimum absolute atomic E-state index is 0.0460. The second-order valence-corrected chi connectivity index (χ2v) is 10.8. The molecule has 0 unspecified atom stereocenters. The maximum absolute atomic E-state index is 15.3. The molecule has 0 saturated heterocycles. The average molecular weight is 507 g/mol. The number of Topliss-reactive ketones (excluding diaryl/α,β-unsaturated/α-hetero) is 1. The molecule has 1 aliphatic heterocycles. The van der Waals surface area contributed by atoms with Crippen LogP contribution in [0.2, 0.25) is 0 Å². The molecule has 1 aliphatic rings. The Hall–Kier alpha value is -2.98. The van der Waals surface area contributed by atoms with E-state index in [4.69, 9.17) is 14.9 Å². The third-order valence-electron chi connectivity index (χ3n) is 5.68. The van der Waals surface area contributed by atoms with Gasteiger partial charge >= 0.3 is 0 Å². The highest BCUT2D eigenvalue weighted by Gasteiger charge is 2.33. The number of carbonyl (C=O) groups excluding carboxylic acids is 1. The topological polar surface area (TPSA) is 117 Å². The third-order valence-corrected chi connectivity index (χ3v) is 6.36. The van der Waals surface area contributed by atoms with Gasteiger partial charge in [0.1, 0.15) is 11.6 Å². The van der Waals surface area contributed by atoms with Crippen molar-refractivity contribution in [3.63, 3.8) is 0 Å². The lowest BCUT2D eigenvalue weighted by molar-refractivity contribution is 0.0962. The molecule has 3 rings (SSSR count). The lowest BCUT2D eigenvalue weighted by Crippen LogP contribution is -2.30. The molecule has 0 fully saturated rings. The van der Waals surface area contributed by atoms with E-state index in [1.807, 2.05) is 20.8 Å². The first kappa shape index (κ1) is 26.6. The van der Waals surface area contributed by atoms with Crippen LogP contribution in [0.5, 0.6) is 11.5 Å². The predicted molar refractivity (Wildman–Crippen MR) is 131 cm³/mol. The van der Waals surface area contributed by atoms with Gasteiger partial charge in [0, 0.05) is 12.1 Å². The van der Waals surface area contributed by atoms with Gasteiger partial charge in [0.2, 0.25) is 0 Å². The largest absolute Gasteiger partial charge is 0.490 e. The second kappa shape index (κ2) is 9.94. The van der Waals surface area contributed by atoms with Gasteiger partial charge in [-0.25, -0.2) is 4.39 Å². The van der Waals surface area contributed by atoms with E-state index < -0.39 is 27.1 Å². The Labute approximate surface area is 205 Å². The van der Waals surface area contributed by atoms with E-state index in [1.54, 1.807) is 26.0 Å². The fraction of sp³-hybridized carbons (Fsp3) is 0.440. The Balaban J connectivity index is 1.90. The minimum Gasteiger partial charge on any atom is -0.490 e. The van der Waals surface area contributed by atoms with Crippen LogP contribution in [0.1, 0.15) is 67.2 Å². The first-order chi connectivity index (χ1) is 16.3. The summed E-state index contributed by atoms with van der Waals surface area (Å²) in [5, 5.41) is 8.50. The monoisotopic (exact) mass is 506 g/mol. The van der Waals surface area contributed by atoms with E-state index in [0.29, 0.717) is 28.9 Å². The van der Waals surface area contributed by atoms with Crippen molar-refractivity contribution in [1.29, 1.82) is 5.41 Å². The Kier molecular flexibility index (Phi) is 7.56. The summed E-state index contributed by atoms with van der Waals surface area (Å²) in [6.45, 7) is 9.70. The van der Waals surface area contributed by atoms with E-state index in [0.717, 1.165) is 0 Å². The van der Waals surface area contributed by atoms with Crippen LogP contribution in [0.4, 0.5) is 4.39 Å². The number of benzene rings is 2. The molecule has 2 aromatic rings. The van der Waals surface area contributed by atoms with Gasteiger partial charge in [-0.05, 0) is 48.1 Å². The molecule has 0 saturated carbocycles. The summed E-state index contributed by atoms with van der Waals surface area (Å²) in [7, 11) is -4.25. The van der Waals surface area contributed by atoms with Crippen molar-refractivity contribution in [2.45, 2.75) is 52.3 Å². The van der Waals surface area contributed by atoms with Crippen LogP contribution >= 0.6 is 0 Å². The molecule has 0 amide bonds. The van der Waals surface area contributed by atoms with E-state index in [1.165, 1.54) is 17.0 Å². The number of fused-ring (bicyclic) bond motifs is 1. The van der Waals surface area contributed by atoms with Crippen LogP contribution in [0.25, 0.3) is 0 Å². The summed E-state index contributed by atoms with van der Waals surface area (Å²) in [6, 6.07) is 6.30. The molecule has 0 atom stereocenters. The molecule has 0 bridgehead atoms. The SMILES string of the molecule is CCOc1cc2c(c(F)c1OCC)C(=N)N(CC(=O)c1ccc(CS(=O)(=O)O)c(C(C)(C)C)c1)C2. The van der Waals surface area contributed by atoms with E-state index >= 15 is 4.39 Å². The van der Waals surface area contributed by atoms with Crippen LogP contribution in [0.3, 0.4) is 0 Å². The van der Waals surface area contributed by atoms with Crippen molar-refractivity contribution in [3.05, 3.63) is 57.9 Å². The number of hydrogen-bond acceptors (Lipinski definition) is 6. The summed E-state index contributed by atoms with van der Waals surface area (Å²) in [6.07, 6.45) is 0. The van der Waals surface area contributed by atoms with Gasteiger partial charge < -0.3 is 14.4 Å². The zero-order chi connectivity index (χ0) is 26.1. The zero-order valence-electron chi connectivity index (χ0n) is 20.6. The predicted octanol–water partition coefficient (Wildman–Crippen LogP) is 4.33. The Morgan fingerprint density at radius 3 is 2.40 bits per heavy atom. The van der Waals surface area contributed by atoms with Crippen LogP contribution in [-0.4, -0.2) is 49.2 Å². The molecule has 0 aliphatic carbocycles. The lowest BCUT2D eigenvalue weighted by atomic mass is 9.83. The van der Waals surface area contributed by atoms with E-state index in [2.05, 4.69) is 0 Å². The zero-order valence-corrected chi connectivity index (χ0v) is 21.4. The number of carbonyl (C=O) groups is 1. The maximum Gasteiger partial charge on any atom is 0.269 e. The molecular formula is C25H31FN2O6S.